The van der Waals surface area contributed by atoms with Gasteiger partial charge in [0.25, 0.3) is 10.1 Å². The number of nitrogens with one attached hydrogen (secondary N) is 1. The van der Waals surface area contributed by atoms with Crippen molar-refractivity contribution in [3.63, 3.8) is 0 Å². The predicted molar refractivity (Wildman–Crippen MR) is 114 cm³/mol. The first kappa shape index (κ1) is 24.3. The average molecular weight is 466 g/mol. The van der Waals surface area contributed by atoms with Crippen molar-refractivity contribution < 1.29 is 37.1 Å². The van der Waals surface area contributed by atoms with Crippen LogP contribution in [-0.4, -0.2) is 61.8 Å². The van der Waals surface area contributed by atoms with Gasteiger partial charge in [-0.3, -0.25) is 8.98 Å². The van der Waals surface area contributed by atoms with Gasteiger partial charge in [-0.25, -0.2) is 0 Å². The lowest BCUT2D eigenvalue weighted by molar-refractivity contribution is -0.262. The number of carbonyl (C=O) groups excluding carboxylic acids is 1. The molecule has 0 spiro atoms. The minimum absolute atomic E-state index is 0.0399. The summed E-state index contributed by atoms with van der Waals surface area (Å²) in [6.07, 6.45) is -5.21. The van der Waals surface area contributed by atoms with Crippen LogP contribution < -0.4 is 5.32 Å². The summed E-state index contributed by atoms with van der Waals surface area (Å²) in [5.74, 6) is -0.449. The molecule has 1 saturated heterocycles. The molecule has 1 amide bonds. The molecular weight excluding hydrogens is 438 g/mol. The highest BCUT2D eigenvalue weighted by Crippen LogP contribution is 2.25. The van der Waals surface area contributed by atoms with Gasteiger partial charge in [0.05, 0.1) is 18.1 Å². The summed E-state index contributed by atoms with van der Waals surface area (Å²) in [4.78, 5) is 11.5. The van der Waals surface area contributed by atoms with Gasteiger partial charge in [0.2, 0.25) is 5.91 Å². The fourth-order valence-corrected chi connectivity index (χ4v) is 4.27. The van der Waals surface area contributed by atoms with Crippen molar-refractivity contribution in [2.75, 3.05) is 6.61 Å². The van der Waals surface area contributed by atoms with Gasteiger partial charge >= 0.3 is 0 Å². The molecule has 10 heteroatoms. The molecule has 2 aromatic rings. The zero-order chi connectivity index (χ0) is 23.3. The van der Waals surface area contributed by atoms with E-state index in [1.807, 2.05) is 37.3 Å². The van der Waals surface area contributed by atoms with Crippen molar-refractivity contribution in [1.29, 1.82) is 0 Å². The van der Waals surface area contributed by atoms with Crippen molar-refractivity contribution in [3.8, 4) is 0 Å². The smallest absolute Gasteiger partial charge is 0.297 e. The van der Waals surface area contributed by atoms with Crippen molar-refractivity contribution in [2.24, 2.45) is 0 Å². The summed E-state index contributed by atoms with van der Waals surface area (Å²) < 4.78 is 41.2. The molecule has 5 atom stereocenters. The Kier molecular flexibility index (Phi) is 7.99. The van der Waals surface area contributed by atoms with Crippen LogP contribution in [0.15, 0.2) is 59.5 Å². The number of amides is 1. The molecule has 5 unspecified atom stereocenters. The molecule has 1 heterocycles. The maximum absolute atomic E-state index is 12.5. The van der Waals surface area contributed by atoms with Gasteiger partial charge in [0.1, 0.15) is 24.4 Å². The zero-order valence-corrected chi connectivity index (χ0v) is 18.6. The Morgan fingerprint density at radius 3 is 2.38 bits per heavy atom. The highest BCUT2D eigenvalue weighted by atomic mass is 32.2. The quantitative estimate of drug-likeness (QED) is 0.490. The molecule has 3 N–H and O–H groups in total. The second kappa shape index (κ2) is 10.5. The van der Waals surface area contributed by atoms with E-state index in [-0.39, 0.29) is 11.5 Å². The molecule has 32 heavy (non-hydrogen) atoms. The van der Waals surface area contributed by atoms with Gasteiger partial charge in [0.15, 0.2) is 6.29 Å². The van der Waals surface area contributed by atoms with Gasteiger partial charge in [-0.2, -0.15) is 8.42 Å². The van der Waals surface area contributed by atoms with Crippen LogP contribution in [0.3, 0.4) is 0 Å². The third-order valence-electron chi connectivity index (χ3n) is 5.05. The molecule has 0 aliphatic carbocycles. The van der Waals surface area contributed by atoms with E-state index in [0.29, 0.717) is 0 Å². The maximum Gasteiger partial charge on any atom is 0.297 e. The molecule has 0 aromatic heterocycles. The predicted octanol–water partition coefficient (Wildman–Crippen LogP) is 0.869. The van der Waals surface area contributed by atoms with Crippen molar-refractivity contribution in [3.05, 3.63) is 65.7 Å². The van der Waals surface area contributed by atoms with E-state index in [1.54, 1.807) is 12.1 Å². The topological polar surface area (TPSA) is 131 Å². The van der Waals surface area contributed by atoms with Crippen molar-refractivity contribution >= 4 is 16.0 Å². The SMILES string of the molecule is CC(=O)NC1C(O)OC(COS(=O)(=O)c2ccc(C)cc2)C(O)C1OCc1ccccc1. The van der Waals surface area contributed by atoms with Crippen LogP contribution in [0.25, 0.3) is 0 Å². The Balaban J connectivity index is 1.72. The Bertz CT molecular complexity index is 996. The standard InChI is InChI=1S/C22H27NO8S/c1-14-8-10-17(11-9-14)32(27,28)30-13-18-20(25)21(19(22(26)31-18)23-15(2)24)29-12-16-6-4-3-5-7-16/h3-11,18-22,25-26H,12-13H2,1-2H3,(H,23,24). The van der Waals surface area contributed by atoms with Gasteiger partial charge in [-0.05, 0) is 24.6 Å². The number of carbonyl (C=O) groups is 1. The zero-order valence-electron chi connectivity index (χ0n) is 17.7. The molecule has 3 rings (SSSR count). The lowest BCUT2D eigenvalue weighted by Gasteiger charge is -2.42. The van der Waals surface area contributed by atoms with Crippen LogP contribution in [0, 0.1) is 6.92 Å². The van der Waals surface area contributed by atoms with E-state index in [0.717, 1.165) is 11.1 Å². The lowest BCUT2D eigenvalue weighted by atomic mass is 9.96. The molecule has 0 bridgehead atoms. The van der Waals surface area contributed by atoms with Crippen LogP contribution in [0.5, 0.6) is 0 Å². The van der Waals surface area contributed by atoms with Crippen LogP contribution in [0.1, 0.15) is 18.1 Å². The number of hydrogen-bond acceptors (Lipinski definition) is 8. The number of aliphatic hydroxyl groups excluding tert-OH is 2. The third-order valence-corrected chi connectivity index (χ3v) is 6.34. The first-order chi connectivity index (χ1) is 15.2. The molecule has 1 aliphatic heterocycles. The van der Waals surface area contributed by atoms with E-state index < -0.39 is 53.3 Å². The molecule has 174 valence electrons. The second-order valence-corrected chi connectivity index (χ2v) is 9.21. The van der Waals surface area contributed by atoms with Crippen LogP contribution in [-0.2, 0) is 35.2 Å². The summed E-state index contributed by atoms with van der Waals surface area (Å²) in [6.45, 7) is 2.63. The van der Waals surface area contributed by atoms with Crippen LogP contribution >= 0.6 is 0 Å². The molecular formula is C22H27NO8S. The van der Waals surface area contributed by atoms with Crippen LogP contribution in [0.2, 0.25) is 0 Å². The molecule has 1 aliphatic rings. The molecule has 1 fully saturated rings. The minimum atomic E-state index is -4.11. The molecule has 0 radical (unpaired) electrons. The Morgan fingerprint density at radius 1 is 1.09 bits per heavy atom. The summed E-state index contributed by atoms with van der Waals surface area (Å²) in [6, 6.07) is 14.2. The third kappa shape index (κ3) is 6.12. The van der Waals surface area contributed by atoms with Gasteiger partial charge in [0, 0.05) is 6.92 Å². The number of benzene rings is 2. The van der Waals surface area contributed by atoms with E-state index in [1.165, 1.54) is 19.1 Å². The Morgan fingerprint density at radius 2 is 1.75 bits per heavy atom. The normalized spacial score (nSPS) is 25.9. The number of hydrogen-bond donors (Lipinski definition) is 3. The van der Waals surface area contributed by atoms with Gasteiger partial charge in [-0.15, -0.1) is 0 Å². The number of ether oxygens (including phenoxy) is 2. The average Bonchev–Trinajstić information content (AvgIpc) is 2.75. The number of aliphatic hydroxyl groups is 2. The van der Waals surface area contributed by atoms with Gasteiger partial charge in [-0.1, -0.05) is 48.0 Å². The van der Waals surface area contributed by atoms with Crippen molar-refractivity contribution in [1.82, 2.24) is 5.32 Å². The first-order valence-corrected chi connectivity index (χ1v) is 11.5. The fraction of sp³-hybridized carbons (Fsp3) is 0.409. The van der Waals surface area contributed by atoms with E-state index in [4.69, 9.17) is 13.7 Å². The van der Waals surface area contributed by atoms with Crippen molar-refractivity contribution in [2.45, 2.75) is 56.0 Å². The van der Waals surface area contributed by atoms with Crippen LogP contribution in [0.4, 0.5) is 0 Å². The highest BCUT2D eigenvalue weighted by Gasteiger charge is 2.46. The summed E-state index contributed by atoms with van der Waals surface area (Å²) in [5.41, 5.74) is 1.71. The molecule has 9 nitrogen and oxygen atoms in total. The Hall–Kier alpha value is -2.34. The number of aryl methyl sites for hydroxylation is 1. The summed E-state index contributed by atoms with van der Waals surface area (Å²) in [7, 11) is -4.11. The molecule has 0 saturated carbocycles. The fourth-order valence-electron chi connectivity index (χ4n) is 3.36. The van der Waals surface area contributed by atoms with Gasteiger partial charge < -0.3 is 25.0 Å². The van der Waals surface area contributed by atoms with E-state index >= 15 is 0 Å². The first-order valence-electron chi connectivity index (χ1n) is 10.1. The second-order valence-electron chi connectivity index (χ2n) is 7.59. The molecule has 2 aromatic carbocycles. The summed E-state index contributed by atoms with van der Waals surface area (Å²) in [5, 5.41) is 23.8. The minimum Gasteiger partial charge on any atom is -0.388 e. The summed E-state index contributed by atoms with van der Waals surface area (Å²) >= 11 is 0. The largest absolute Gasteiger partial charge is 0.388 e. The maximum atomic E-state index is 12.5. The van der Waals surface area contributed by atoms with E-state index in [9.17, 15) is 23.4 Å². The lowest BCUT2D eigenvalue weighted by Crippen LogP contribution is -2.64. The number of rotatable bonds is 8. The highest BCUT2D eigenvalue weighted by molar-refractivity contribution is 7.86. The Labute approximate surface area is 187 Å². The van der Waals surface area contributed by atoms with E-state index in [2.05, 4.69) is 5.32 Å². The monoisotopic (exact) mass is 465 g/mol.